The first-order valence-electron chi connectivity index (χ1n) is 8.89. The summed E-state index contributed by atoms with van der Waals surface area (Å²) >= 11 is 0. The minimum atomic E-state index is -2.04. The lowest BCUT2D eigenvalue weighted by atomic mass is 10.2. The van der Waals surface area contributed by atoms with Crippen LogP contribution in [0.2, 0.25) is 0 Å². The molecule has 0 aromatic heterocycles. The lowest BCUT2D eigenvalue weighted by molar-refractivity contribution is 1.16. The lowest BCUT2D eigenvalue weighted by Crippen LogP contribution is -2.43. The van der Waals surface area contributed by atoms with E-state index in [1.165, 1.54) is 16.7 Å². The third kappa shape index (κ3) is 5.00. The largest absolute Gasteiger partial charge is 0.152 e. The van der Waals surface area contributed by atoms with Crippen molar-refractivity contribution in [2.75, 3.05) is 0 Å². The zero-order valence-electron chi connectivity index (χ0n) is 14.9. The fourth-order valence-corrected chi connectivity index (χ4v) is 7.48. The second kappa shape index (κ2) is 8.91. The quantitative estimate of drug-likeness (QED) is 0.435. The molecule has 0 fully saturated rings. The molecule has 0 aliphatic rings. The van der Waals surface area contributed by atoms with Crippen LogP contribution in [-0.4, -0.2) is 8.07 Å². The summed E-state index contributed by atoms with van der Waals surface area (Å²) in [5.74, 6) is 5.54. The van der Waals surface area contributed by atoms with Gasteiger partial charge in [-0.15, -0.1) is 12.0 Å². The number of rotatable bonds is 6. The van der Waals surface area contributed by atoms with Gasteiger partial charge >= 0.3 is 0 Å². The van der Waals surface area contributed by atoms with Crippen molar-refractivity contribution < 1.29 is 0 Å². The molecular formula is C25H22Si. The zero-order valence-corrected chi connectivity index (χ0v) is 15.9. The highest BCUT2D eigenvalue weighted by Crippen LogP contribution is 2.22. The van der Waals surface area contributed by atoms with Crippen molar-refractivity contribution in [2.45, 2.75) is 18.1 Å². The van der Waals surface area contributed by atoms with E-state index in [1.54, 1.807) is 0 Å². The smallest absolute Gasteiger partial charge is 0.116 e. The Labute approximate surface area is 157 Å². The minimum Gasteiger partial charge on any atom is -0.116 e. The molecule has 3 aromatic rings. The molecule has 0 spiro atoms. The van der Waals surface area contributed by atoms with Gasteiger partial charge in [-0.25, -0.2) is 0 Å². The summed E-state index contributed by atoms with van der Waals surface area (Å²) in [5, 5.41) is 0. The van der Waals surface area contributed by atoms with Crippen LogP contribution >= 0.6 is 0 Å². The molecule has 1 heteroatoms. The van der Waals surface area contributed by atoms with E-state index in [9.17, 15) is 0 Å². The molecule has 0 saturated heterocycles. The predicted octanol–water partition coefficient (Wildman–Crippen LogP) is 4.96. The predicted molar refractivity (Wildman–Crippen MR) is 113 cm³/mol. The average Bonchev–Trinajstić information content (AvgIpc) is 2.69. The van der Waals surface area contributed by atoms with Gasteiger partial charge in [-0.1, -0.05) is 91.0 Å². The highest BCUT2D eigenvalue weighted by atomic mass is 28.3. The van der Waals surface area contributed by atoms with Crippen LogP contribution in [0.25, 0.3) is 0 Å². The van der Waals surface area contributed by atoms with Crippen molar-refractivity contribution in [3.05, 3.63) is 108 Å². The maximum atomic E-state index is 5.51. The molecule has 0 aliphatic carbocycles. The molecule has 0 unspecified atom stereocenters. The Morgan fingerprint density at radius 3 is 1.23 bits per heavy atom. The highest BCUT2D eigenvalue weighted by Gasteiger charge is 2.32. The highest BCUT2D eigenvalue weighted by molar-refractivity contribution is 6.85. The van der Waals surface area contributed by atoms with Gasteiger partial charge in [0.05, 0.1) is 0 Å². The molecule has 0 bridgehead atoms. The van der Waals surface area contributed by atoms with Gasteiger partial charge in [0.2, 0.25) is 0 Å². The number of benzene rings is 3. The SMILES string of the molecule is C#CC#C[Si](Cc1ccccc1)(Cc1ccccc1)Cc1ccccc1. The Morgan fingerprint density at radius 1 is 0.577 bits per heavy atom. The second-order valence-electron chi connectivity index (χ2n) is 6.66. The summed E-state index contributed by atoms with van der Waals surface area (Å²) < 4.78 is 0. The Balaban J connectivity index is 2.02. The van der Waals surface area contributed by atoms with Gasteiger partial charge in [-0.05, 0) is 46.7 Å². The molecule has 0 atom stereocenters. The summed E-state index contributed by atoms with van der Waals surface area (Å²) in [6.07, 6.45) is 5.51. The Morgan fingerprint density at radius 2 is 0.923 bits per heavy atom. The Bertz CT molecular complexity index is 808. The second-order valence-corrected chi connectivity index (χ2v) is 10.5. The first-order chi connectivity index (χ1) is 12.8. The monoisotopic (exact) mass is 350 g/mol. The van der Waals surface area contributed by atoms with Gasteiger partial charge in [-0.2, -0.15) is 0 Å². The van der Waals surface area contributed by atoms with E-state index in [-0.39, 0.29) is 0 Å². The fourth-order valence-electron chi connectivity index (χ4n) is 3.45. The van der Waals surface area contributed by atoms with E-state index in [0.717, 1.165) is 18.1 Å². The van der Waals surface area contributed by atoms with E-state index in [2.05, 4.69) is 108 Å². The maximum Gasteiger partial charge on any atom is 0.152 e. The molecule has 126 valence electrons. The van der Waals surface area contributed by atoms with Crippen LogP contribution in [-0.2, 0) is 18.1 Å². The standard InChI is InChI=1S/C25H22Si/c1-2-3-19-26(20-23-13-7-4-8-14-23,21-24-15-9-5-10-16-24)22-25-17-11-6-12-18-25/h1,4-18H,20-22H2. The average molecular weight is 351 g/mol. The summed E-state index contributed by atoms with van der Waals surface area (Å²) in [4.78, 5) is 0. The minimum absolute atomic E-state index is 1.01. The van der Waals surface area contributed by atoms with Crippen LogP contribution in [0.5, 0.6) is 0 Å². The van der Waals surface area contributed by atoms with Crippen LogP contribution in [0.1, 0.15) is 16.7 Å². The van der Waals surface area contributed by atoms with Gasteiger partial charge in [0.25, 0.3) is 0 Å². The summed E-state index contributed by atoms with van der Waals surface area (Å²) in [7, 11) is -2.04. The maximum absolute atomic E-state index is 5.51. The Hall–Kier alpha value is -3.00. The van der Waals surface area contributed by atoms with Crippen LogP contribution in [0.4, 0.5) is 0 Å². The molecule has 3 rings (SSSR count). The number of hydrogen-bond acceptors (Lipinski definition) is 0. The van der Waals surface area contributed by atoms with Crippen molar-refractivity contribution in [3.8, 4) is 23.8 Å². The van der Waals surface area contributed by atoms with Crippen molar-refractivity contribution in [3.63, 3.8) is 0 Å². The van der Waals surface area contributed by atoms with E-state index in [1.807, 2.05) is 0 Å². The van der Waals surface area contributed by atoms with E-state index < -0.39 is 8.07 Å². The third-order valence-corrected chi connectivity index (χ3v) is 8.47. The summed E-state index contributed by atoms with van der Waals surface area (Å²) in [6, 6.07) is 35.1. The van der Waals surface area contributed by atoms with Crippen molar-refractivity contribution in [1.82, 2.24) is 0 Å². The van der Waals surface area contributed by atoms with Crippen LogP contribution < -0.4 is 0 Å². The van der Waals surface area contributed by atoms with Crippen LogP contribution in [0, 0.1) is 23.8 Å². The van der Waals surface area contributed by atoms with Crippen LogP contribution in [0.3, 0.4) is 0 Å². The Kier molecular flexibility index (Phi) is 6.10. The van der Waals surface area contributed by atoms with Gasteiger partial charge in [0, 0.05) is 0 Å². The molecule has 0 saturated carbocycles. The number of terminal acetylenes is 1. The first-order valence-corrected chi connectivity index (χ1v) is 11.5. The third-order valence-electron chi connectivity index (χ3n) is 4.56. The van der Waals surface area contributed by atoms with Gasteiger partial charge < -0.3 is 0 Å². The molecule has 0 aliphatic heterocycles. The van der Waals surface area contributed by atoms with E-state index >= 15 is 0 Å². The summed E-state index contributed by atoms with van der Waals surface area (Å²) in [5.41, 5.74) is 7.62. The van der Waals surface area contributed by atoms with E-state index in [4.69, 9.17) is 6.42 Å². The first kappa shape index (κ1) is 17.8. The lowest BCUT2D eigenvalue weighted by Gasteiger charge is -2.27. The molecule has 0 amide bonds. The van der Waals surface area contributed by atoms with Crippen molar-refractivity contribution in [1.29, 1.82) is 0 Å². The van der Waals surface area contributed by atoms with Gasteiger partial charge in [0.1, 0.15) is 0 Å². The normalized spacial score (nSPS) is 10.4. The van der Waals surface area contributed by atoms with Gasteiger partial charge in [0.15, 0.2) is 8.07 Å². The molecule has 0 heterocycles. The van der Waals surface area contributed by atoms with Crippen molar-refractivity contribution in [2.24, 2.45) is 0 Å². The van der Waals surface area contributed by atoms with Crippen molar-refractivity contribution >= 4 is 8.07 Å². The molecule has 0 N–H and O–H groups in total. The molecule has 26 heavy (non-hydrogen) atoms. The molecular weight excluding hydrogens is 328 g/mol. The molecule has 3 aromatic carbocycles. The number of hydrogen-bond donors (Lipinski definition) is 0. The fraction of sp³-hybridized carbons (Fsp3) is 0.120. The molecule has 0 radical (unpaired) electrons. The zero-order chi connectivity index (χ0) is 18.1. The summed E-state index contributed by atoms with van der Waals surface area (Å²) in [6.45, 7) is 0. The van der Waals surface area contributed by atoms with E-state index in [0.29, 0.717) is 0 Å². The topological polar surface area (TPSA) is 0 Å². The molecule has 0 nitrogen and oxygen atoms in total. The van der Waals surface area contributed by atoms with Gasteiger partial charge in [-0.3, -0.25) is 0 Å². The van der Waals surface area contributed by atoms with Crippen LogP contribution in [0.15, 0.2) is 91.0 Å².